The largest absolute Gasteiger partial charge is 0.491 e. The second-order valence-electron chi connectivity index (χ2n) is 4.51. The normalized spacial score (nSPS) is 10.4. The summed E-state index contributed by atoms with van der Waals surface area (Å²) >= 11 is 0. The molecule has 0 aromatic heterocycles. The second-order valence-corrected chi connectivity index (χ2v) is 4.51. The van der Waals surface area contributed by atoms with Crippen molar-refractivity contribution in [2.45, 2.75) is 13.5 Å². The average molecular weight is 289 g/mol. The number of hydrogen-bond acceptors (Lipinski definition) is 3. The lowest BCUT2D eigenvalue weighted by molar-refractivity contribution is 0.110. The van der Waals surface area contributed by atoms with Crippen LogP contribution >= 0.6 is 0 Å². The van der Waals surface area contributed by atoms with E-state index in [0.717, 1.165) is 17.0 Å². The first kappa shape index (κ1) is 15.3. The van der Waals surface area contributed by atoms with E-state index >= 15 is 0 Å². The van der Waals surface area contributed by atoms with Gasteiger partial charge in [-0.3, -0.25) is 0 Å². The first-order chi connectivity index (χ1) is 10.3. The zero-order valence-corrected chi connectivity index (χ0v) is 12.1. The number of benzene rings is 2. The lowest BCUT2D eigenvalue weighted by atomic mass is 10.2. The molecule has 3 nitrogen and oxygen atoms in total. The van der Waals surface area contributed by atoms with Gasteiger partial charge in [0.25, 0.3) is 0 Å². The molecule has 0 aliphatic heterocycles. The Labute approximate surface area is 124 Å². The molecule has 0 amide bonds. The van der Waals surface area contributed by atoms with Crippen LogP contribution in [0.4, 0.5) is 10.1 Å². The SMILES string of the molecule is CCOCCOc1ccccc1CNc1ccc(F)cc1. The summed E-state index contributed by atoms with van der Waals surface area (Å²) in [6, 6.07) is 14.2. The number of nitrogens with one attached hydrogen (secondary N) is 1. The summed E-state index contributed by atoms with van der Waals surface area (Å²) in [5.74, 6) is 0.604. The van der Waals surface area contributed by atoms with E-state index in [1.165, 1.54) is 12.1 Å². The molecule has 0 spiro atoms. The van der Waals surface area contributed by atoms with E-state index in [2.05, 4.69) is 5.32 Å². The highest BCUT2D eigenvalue weighted by atomic mass is 19.1. The van der Waals surface area contributed by atoms with Gasteiger partial charge >= 0.3 is 0 Å². The lowest BCUT2D eigenvalue weighted by Crippen LogP contribution is -2.09. The third-order valence-corrected chi connectivity index (χ3v) is 2.99. The van der Waals surface area contributed by atoms with Gasteiger partial charge < -0.3 is 14.8 Å². The maximum absolute atomic E-state index is 12.9. The number of halogens is 1. The van der Waals surface area contributed by atoms with E-state index in [9.17, 15) is 4.39 Å². The summed E-state index contributed by atoms with van der Waals surface area (Å²) < 4.78 is 23.8. The Morgan fingerprint density at radius 1 is 1.00 bits per heavy atom. The Bertz CT molecular complexity index is 543. The second kappa shape index (κ2) is 8.27. The zero-order chi connectivity index (χ0) is 14.9. The molecule has 112 valence electrons. The van der Waals surface area contributed by atoms with Crippen LogP contribution < -0.4 is 10.1 Å². The molecule has 0 aliphatic carbocycles. The molecule has 0 fully saturated rings. The van der Waals surface area contributed by atoms with Crippen LogP contribution in [0, 0.1) is 5.82 Å². The van der Waals surface area contributed by atoms with E-state index < -0.39 is 0 Å². The monoisotopic (exact) mass is 289 g/mol. The molecule has 2 aromatic carbocycles. The molecule has 0 unspecified atom stereocenters. The number of rotatable bonds is 8. The van der Waals surface area contributed by atoms with Crippen molar-refractivity contribution in [3.05, 3.63) is 59.9 Å². The predicted molar refractivity (Wildman–Crippen MR) is 82.2 cm³/mol. The van der Waals surface area contributed by atoms with Crippen molar-refractivity contribution in [1.29, 1.82) is 0 Å². The Kier molecular flexibility index (Phi) is 6.03. The Morgan fingerprint density at radius 3 is 2.52 bits per heavy atom. The Balaban J connectivity index is 1.91. The molecule has 0 heterocycles. The number of ether oxygens (including phenoxy) is 2. The van der Waals surface area contributed by atoms with Crippen molar-refractivity contribution in [3.8, 4) is 5.75 Å². The first-order valence-electron chi connectivity index (χ1n) is 7.07. The van der Waals surface area contributed by atoms with Crippen LogP contribution in [0.5, 0.6) is 5.75 Å². The Hall–Kier alpha value is -2.07. The fourth-order valence-electron chi connectivity index (χ4n) is 1.91. The molecule has 0 aliphatic rings. The van der Waals surface area contributed by atoms with Crippen molar-refractivity contribution < 1.29 is 13.9 Å². The standard InChI is InChI=1S/C17H20FNO2/c1-2-20-11-12-21-17-6-4-3-5-14(17)13-19-16-9-7-15(18)8-10-16/h3-10,19H,2,11-13H2,1H3. The zero-order valence-electron chi connectivity index (χ0n) is 12.1. The molecule has 0 bridgehead atoms. The summed E-state index contributed by atoms with van der Waals surface area (Å²) in [7, 11) is 0. The van der Waals surface area contributed by atoms with Gasteiger partial charge in [0.15, 0.2) is 0 Å². The van der Waals surface area contributed by atoms with Gasteiger partial charge in [0.2, 0.25) is 0 Å². The molecule has 0 saturated carbocycles. The van der Waals surface area contributed by atoms with E-state index in [0.29, 0.717) is 26.4 Å². The van der Waals surface area contributed by atoms with Gasteiger partial charge in [-0.2, -0.15) is 0 Å². The van der Waals surface area contributed by atoms with Gasteiger partial charge in [-0.1, -0.05) is 18.2 Å². The van der Waals surface area contributed by atoms with Crippen molar-refractivity contribution in [1.82, 2.24) is 0 Å². The first-order valence-corrected chi connectivity index (χ1v) is 7.07. The smallest absolute Gasteiger partial charge is 0.124 e. The van der Waals surface area contributed by atoms with Gasteiger partial charge in [-0.25, -0.2) is 4.39 Å². The molecule has 2 aromatic rings. The van der Waals surface area contributed by atoms with Crippen molar-refractivity contribution in [2.24, 2.45) is 0 Å². The number of hydrogen-bond donors (Lipinski definition) is 1. The fraction of sp³-hybridized carbons (Fsp3) is 0.294. The van der Waals surface area contributed by atoms with Crippen molar-refractivity contribution in [3.63, 3.8) is 0 Å². The Morgan fingerprint density at radius 2 is 1.76 bits per heavy atom. The van der Waals surface area contributed by atoms with Gasteiger partial charge in [0.05, 0.1) is 6.61 Å². The summed E-state index contributed by atoms with van der Waals surface area (Å²) in [5.41, 5.74) is 1.93. The maximum atomic E-state index is 12.9. The van der Waals surface area contributed by atoms with Crippen LogP contribution in [0.2, 0.25) is 0 Å². The van der Waals surface area contributed by atoms with E-state index in [4.69, 9.17) is 9.47 Å². The van der Waals surface area contributed by atoms with Crippen LogP contribution in [0.1, 0.15) is 12.5 Å². The maximum Gasteiger partial charge on any atom is 0.124 e. The third kappa shape index (κ3) is 5.08. The molecule has 2 rings (SSSR count). The van der Waals surface area contributed by atoms with Crippen molar-refractivity contribution >= 4 is 5.69 Å². The highest BCUT2D eigenvalue weighted by molar-refractivity contribution is 5.45. The van der Waals surface area contributed by atoms with Gasteiger partial charge in [-0.15, -0.1) is 0 Å². The van der Waals surface area contributed by atoms with Crippen LogP contribution in [-0.2, 0) is 11.3 Å². The van der Waals surface area contributed by atoms with Gasteiger partial charge in [0.1, 0.15) is 18.2 Å². The quantitative estimate of drug-likeness (QED) is 0.749. The van der Waals surface area contributed by atoms with Gasteiger partial charge in [-0.05, 0) is 37.3 Å². The van der Waals surface area contributed by atoms with Crippen LogP contribution in [0.25, 0.3) is 0 Å². The highest BCUT2D eigenvalue weighted by Crippen LogP contribution is 2.19. The fourth-order valence-corrected chi connectivity index (χ4v) is 1.91. The molecule has 0 radical (unpaired) electrons. The summed E-state index contributed by atoms with van der Waals surface area (Å²) in [5, 5.41) is 3.25. The molecule has 21 heavy (non-hydrogen) atoms. The summed E-state index contributed by atoms with van der Waals surface area (Å²) in [6.45, 7) is 4.38. The topological polar surface area (TPSA) is 30.5 Å². The van der Waals surface area contributed by atoms with Crippen molar-refractivity contribution in [2.75, 3.05) is 25.1 Å². The molecule has 0 atom stereocenters. The van der Waals surface area contributed by atoms with Crippen LogP contribution in [0.15, 0.2) is 48.5 Å². The molecule has 1 N–H and O–H groups in total. The molecular weight excluding hydrogens is 269 g/mol. The minimum Gasteiger partial charge on any atom is -0.491 e. The minimum absolute atomic E-state index is 0.236. The summed E-state index contributed by atoms with van der Waals surface area (Å²) in [6.07, 6.45) is 0. The highest BCUT2D eigenvalue weighted by Gasteiger charge is 2.03. The summed E-state index contributed by atoms with van der Waals surface area (Å²) in [4.78, 5) is 0. The third-order valence-electron chi connectivity index (χ3n) is 2.99. The van der Waals surface area contributed by atoms with Gasteiger partial charge in [0, 0.05) is 24.4 Å². The van der Waals surface area contributed by atoms with E-state index in [1.807, 2.05) is 31.2 Å². The van der Waals surface area contributed by atoms with Crippen LogP contribution in [-0.4, -0.2) is 19.8 Å². The molecule has 0 saturated heterocycles. The minimum atomic E-state index is -0.236. The average Bonchev–Trinajstić information content (AvgIpc) is 2.52. The van der Waals surface area contributed by atoms with E-state index in [1.54, 1.807) is 12.1 Å². The lowest BCUT2D eigenvalue weighted by Gasteiger charge is -2.13. The molecule has 4 heteroatoms. The van der Waals surface area contributed by atoms with Crippen LogP contribution in [0.3, 0.4) is 0 Å². The van der Waals surface area contributed by atoms with E-state index in [-0.39, 0.29) is 5.82 Å². The number of anilines is 1. The number of para-hydroxylation sites is 1. The molecular formula is C17H20FNO2. The predicted octanol–water partition coefficient (Wildman–Crippen LogP) is 3.85.